The lowest BCUT2D eigenvalue weighted by Gasteiger charge is -2.58. The van der Waals surface area contributed by atoms with Crippen molar-refractivity contribution in [3.8, 4) is 0 Å². The lowest BCUT2D eigenvalue weighted by Crippen LogP contribution is -2.51. The van der Waals surface area contributed by atoms with Crippen molar-refractivity contribution in [1.29, 1.82) is 0 Å². The summed E-state index contributed by atoms with van der Waals surface area (Å²) in [7, 11) is 0. The Morgan fingerprint density at radius 3 is 2.23 bits per heavy atom. The van der Waals surface area contributed by atoms with Crippen molar-refractivity contribution in [2.45, 2.75) is 214 Å². The van der Waals surface area contributed by atoms with Crippen molar-refractivity contribution < 1.29 is 18.9 Å². The molecule has 0 radical (unpaired) electrons. The van der Waals surface area contributed by atoms with Crippen LogP contribution in [0.5, 0.6) is 0 Å². The first-order valence-corrected chi connectivity index (χ1v) is 26.8. The molecule has 5 rings (SSSR count). The van der Waals surface area contributed by atoms with Gasteiger partial charge in [-0.05, 0) is 162 Å². The largest absolute Gasteiger partial charge is 0.379 e. The molecule has 5 nitrogen and oxygen atoms in total. The summed E-state index contributed by atoms with van der Waals surface area (Å²) in [6.45, 7) is 22.5. The zero-order valence-electron chi connectivity index (χ0n) is 41.1. The average molecular weight is 850 g/mol. The second-order valence-electron chi connectivity index (χ2n) is 21.8. The third-order valence-electron chi connectivity index (χ3n) is 16.9. The second-order valence-corrected chi connectivity index (χ2v) is 21.8. The van der Waals surface area contributed by atoms with Crippen LogP contribution in [0.4, 0.5) is 0 Å². The Kier molecular flexibility index (Phi) is 23.5. The quantitative estimate of drug-likeness (QED) is 0.0498. The molecule has 0 aromatic carbocycles. The fraction of sp³-hybridized carbons (Fsp3) is 0.893. The highest BCUT2D eigenvalue weighted by atomic mass is 16.6. The Balaban J connectivity index is 0.901. The Hall–Kier alpha value is -0.980. The molecule has 5 heteroatoms. The van der Waals surface area contributed by atoms with Gasteiger partial charge in [-0.25, -0.2) is 0 Å². The highest BCUT2D eigenvalue weighted by molar-refractivity contribution is 5.25. The summed E-state index contributed by atoms with van der Waals surface area (Å²) in [5.41, 5.74) is 2.68. The van der Waals surface area contributed by atoms with Gasteiger partial charge in [-0.15, -0.1) is 0 Å². The normalized spacial score (nSPS) is 30.3. The number of fused-ring (bicyclic) bond motifs is 5. The first-order chi connectivity index (χ1) is 29.7. The maximum Gasteiger partial charge on any atom is 0.0936 e. The van der Waals surface area contributed by atoms with Crippen molar-refractivity contribution >= 4 is 0 Å². The summed E-state index contributed by atoms with van der Waals surface area (Å²) in [6.07, 6.45) is 45.6. The maximum atomic E-state index is 6.51. The third kappa shape index (κ3) is 16.4. The molecule has 5 aliphatic rings. The number of allylic oxidation sites excluding steroid dienone is 5. The van der Waals surface area contributed by atoms with Crippen LogP contribution in [-0.4, -0.2) is 76.4 Å². The molecule has 0 aromatic heterocycles. The van der Waals surface area contributed by atoms with E-state index in [-0.39, 0.29) is 6.10 Å². The number of hydrogen-bond acceptors (Lipinski definition) is 5. The van der Waals surface area contributed by atoms with E-state index in [1.165, 1.54) is 154 Å². The predicted molar refractivity (Wildman–Crippen MR) is 259 cm³/mol. The maximum absolute atomic E-state index is 6.51. The van der Waals surface area contributed by atoms with Gasteiger partial charge in [0.1, 0.15) is 0 Å². The van der Waals surface area contributed by atoms with E-state index in [9.17, 15) is 0 Å². The van der Waals surface area contributed by atoms with E-state index in [0.29, 0.717) is 50.0 Å². The van der Waals surface area contributed by atoms with Crippen LogP contribution < -0.4 is 0 Å². The molecule has 1 heterocycles. The van der Waals surface area contributed by atoms with Crippen LogP contribution in [-0.2, 0) is 18.9 Å². The van der Waals surface area contributed by atoms with E-state index in [0.717, 1.165) is 67.9 Å². The Morgan fingerprint density at radius 2 is 1.46 bits per heavy atom. The molecule has 352 valence electrons. The van der Waals surface area contributed by atoms with Crippen LogP contribution in [0.2, 0.25) is 0 Å². The summed E-state index contributed by atoms with van der Waals surface area (Å²) < 4.78 is 25.1. The van der Waals surface area contributed by atoms with Crippen molar-refractivity contribution in [1.82, 2.24) is 4.90 Å². The molecule has 1 saturated heterocycles. The van der Waals surface area contributed by atoms with E-state index in [1.807, 2.05) is 0 Å². The van der Waals surface area contributed by atoms with Gasteiger partial charge in [0.2, 0.25) is 0 Å². The lowest BCUT2D eigenvalue weighted by molar-refractivity contribution is -0.0730. The molecule has 61 heavy (non-hydrogen) atoms. The molecule has 0 amide bonds. The number of hydrogen-bond donors (Lipinski definition) is 0. The molecular formula is C56H99NO4. The van der Waals surface area contributed by atoms with Crippen LogP contribution in [0.1, 0.15) is 202 Å². The SMILES string of the molecule is CCCCC/C=C\C/C=C\CCCCCCCCOCC(CN1CCCC1)OCCOCCO[C@H]1CC[C@@]2(C)C(=CC[C@H]3[C@@H]4CC[C@H]([C@H](C)CCCC(C)C)[C@@]4(C)CC[C@@H]32)C1. The van der Waals surface area contributed by atoms with Gasteiger partial charge in [0.15, 0.2) is 0 Å². The molecule has 4 fully saturated rings. The molecule has 3 saturated carbocycles. The fourth-order valence-electron chi connectivity index (χ4n) is 13.3. The second kappa shape index (κ2) is 28.1. The standard InChI is InChI=1S/C56H99NO4/c1-7-8-9-10-11-12-13-14-15-16-17-18-19-20-21-24-38-59-45-50(44-57-36-22-23-37-57)61-42-40-58-39-41-60-49-32-34-55(5)48(43-49)28-29-51-53-31-30-52(47(4)27-25-26-46(2)3)56(53,6)35-33-54(51)55/h11-12,14-15,28,46-47,49-54H,7-10,13,16-27,29-45H2,1-6H3/b12-11-,15-14-/t47-,49+,50?,51+,52-,53+,54+,55+,56-/m1/s1. The number of unbranched alkanes of at least 4 members (excludes halogenated alkanes) is 9. The molecule has 0 aromatic rings. The van der Waals surface area contributed by atoms with Crippen LogP contribution in [0, 0.1) is 46.3 Å². The molecule has 9 atom stereocenters. The minimum absolute atomic E-state index is 0.124. The van der Waals surface area contributed by atoms with E-state index in [2.05, 4.69) is 76.8 Å². The number of likely N-dealkylation sites (tertiary alicyclic amines) is 1. The molecular weight excluding hydrogens is 751 g/mol. The summed E-state index contributed by atoms with van der Waals surface area (Å²) in [6, 6.07) is 0. The number of ether oxygens (including phenoxy) is 4. The van der Waals surface area contributed by atoms with Gasteiger partial charge in [0.25, 0.3) is 0 Å². The molecule has 1 aliphatic heterocycles. The van der Waals surface area contributed by atoms with Crippen molar-refractivity contribution in [2.24, 2.45) is 46.3 Å². The Morgan fingerprint density at radius 1 is 0.721 bits per heavy atom. The number of rotatable bonds is 32. The van der Waals surface area contributed by atoms with E-state index < -0.39 is 0 Å². The zero-order chi connectivity index (χ0) is 43.2. The van der Waals surface area contributed by atoms with Gasteiger partial charge in [-0.2, -0.15) is 0 Å². The first-order valence-electron chi connectivity index (χ1n) is 26.8. The van der Waals surface area contributed by atoms with Crippen molar-refractivity contribution in [2.75, 3.05) is 59.3 Å². The minimum atomic E-state index is 0.124. The van der Waals surface area contributed by atoms with Crippen LogP contribution >= 0.6 is 0 Å². The van der Waals surface area contributed by atoms with Gasteiger partial charge in [-0.1, -0.05) is 135 Å². The number of nitrogens with zero attached hydrogens (tertiary/aromatic N) is 1. The zero-order valence-corrected chi connectivity index (χ0v) is 41.1. The van der Waals surface area contributed by atoms with Crippen LogP contribution in [0.3, 0.4) is 0 Å². The van der Waals surface area contributed by atoms with Gasteiger partial charge in [-0.3, -0.25) is 0 Å². The molecule has 1 unspecified atom stereocenters. The average Bonchev–Trinajstić information content (AvgIpc) is 3.90. The highest BCUT2D eigenvalue weighted by Gasteiger charge is 2.59. The third-order valence-corrected chi connectivity index (χ3v) is 16.9. The van der Waals surface area contributed by atoms with Gasteiger partial charge < -0.3 is 23.8 Å². The van der Waals surface area contributed by atoms with E-state index >= 15 is 0 Å². The highest BCUT2D eigenvalue weighted by Crippen LogP contribution is 2.67. The molecule has 0 spiro atoms. The van der Waals surface area contributed by atoms with Gasteiger partial charge in [0, 0.05) is 13.2 Å². The van der Waals surface area contributed by atoms with Crippen LogP contribution in [0.25, 0.3) is 0 Å². The van der Waals surface area contributed by atoms with Gasteiger partial charge >= 0.3 is 0 Å². The topological polar surface area (TPSA) is 40.2 Å². The van der Waals surface area contributed by atoms with Crippen molar-refractivity contribution in [3.63, 3.8) is 0 Å². The van der Waals surface area contributed by atoms with Crippen molar-refractivity contribution in [3.05, 3.63) is 36.0 Å². The summed E-state index contributed by atoms with van der Waals surface area (Å²) >= 11 is 0. The summed E-state index contributed by atoms with van der Waals surface area (Å²) in [5, 5.41) is 0. The summed E-state index contributed by atoms with van der Waals surface area (Å²) in [4.78, 5) is 2.55. The van der Waals surface area contributed by atoms with E-state index in [4.69, 9.17) is 18.9 Å². The fourth-order valence-corrected chi connectivity index (χ4v) is 13.3. The molecule has 4 aliphatic carbocycles. The summed E-state index contributed by atoms with van der Waals surface area (Å²) in [5.74, 6) is 5.37. The monoisotopic (exact) mass is 850 g/mol. The van der Waals surface area contributed by atoms with E-state index in [1.54, 1.807) is 5.57 Å². The predicted octanol–water partition coefficient (Wildman–Crippen LogP) is 14.7. The Labute approximate surface area is 378 Å². The van der Waals surface area contributed by atoms with Gasteiger partial charge in [0.05, 0.1) is 45.2 Å². The first kappa shape index (κ1) is 51.0. The Bertz CT molecular complexity index is 1250. The lowest BCUT2D eigenvalue weighted by atomic mass is 9.47. The molecule has 0 N–H and O–H groups in total. The molecule has 0 bridgehead atoms. The smallest absolute Gasteiger partial charge is 0.0936 e. The minimum Gasteiger partial charge on any atom is -0.379 e. The van der Waals surface area contributed by atoms with Crippen LogP contribution in [0.15, 0.2) is 36.0 Å².